The number of aryl methyl sites for hydroxylation is 1. The van der Waals surface area contributed by atoms with Crippen molar-refractivity contribution >= 4 is 32.6 Å². The Kier molecular flexibility index (Phi) is 5.13. The molecule has 29 heavy (non-hydrogen) atoms. The van der Waals surface area contributed by atoms with Gasteiger partial charge in [-0.3, -0.25) is 19.4 Å². The highest BCUT2D eigenvalue weighted by Crippen LogP contribution is 2.33. The zero-order chi connectivity index (χ0) is 20.4. The predicted octanol–water partition coefficient (Wildman–Crippen LogP) is 3.29. The average molecular weight is 409 g/mol. The van der Waals surface area contributed by atoms with Crippen molar-refractivity contribution in [2.75, 3.05) is 19.1 Å². The SMILES string of the molecule is COc1ccc2nc(N(Cc3cccnc3)C(=O)c3cn(C)nc3OC)sc2c1. The quantitative estimate of drug-likeness (QED) is 0.486. The number of nitrogens with zero attached hydrogens (tertiary/aromatic N) is 5. The molecule has 0 spiro atoms. The van der Waals surface area contributed by atoms with Gasteiger partial charge in [0, 0.05) is 25.6 Å². The van der Waals surface area contributed by atoms with E-state index in [1.165, 1.54) is 18.4 Å². The van der Waals surface area contributed by atoms with E-state index < -0.39 is 0 Å². The summed E-state index contributed by atoms with van der Waals surface area (Å²) in [5.74, 6) is 0.771. The molecule has 0 saturated heterocycles. The summed E-state index contributed by atoms with van der Waals surface area (Å²) >= 11 is 1.42. The van der Waals surface area contributed by atoms with E-state index in [0.29, 0.717) is 17.2 Å². The minimum atomic E-state index is -0.246. The maximum Gasteiger partial charge on any atom is 0.267 e. The van der Waals surface area contributed by atoms with E-state index in [0.717, 1.165) is 21.5 Å². The molecule has 4 rings (SSSR count). The van der Waals surface area contributed by atoms with Crippen molar-refractivity contribution in [1.82, 2.24) is 19.7 Å². The zero-order valence-electron chi connectivity index (χ0n) is 16.2. The van der Waals surface area contributed by atoms with E-state index in [2.05, 4.69) is 15.1 Å². The van der Waals surface area contributed by atoms with Gasteiger partial charge in [-0.2, -0.15) is 0 Å². The lowest BCUT2D eigenvalue weighted by atomic mass is 10.2. The van der Waals surface area contributed by atoms with Crippen molar-refractivity contribution in [3.05, 3.63) is 60.0 Å². The smallest absolute Gasteiger partial charge is 0.267 e. The second kappa shape index (κ2) is 7.88. The van der Waals surface area contributed by atoms with Crippen molar-refractivity contribution < 1.29 is 14.3 Å². The van der Waals surface area contributed by atoms with E-state index >= 15 is 0 Å². The number of amides is 1. The van der Waals surface area contributed by atoms with E-state index in [1.807, 2.05) is 30.3 Å². The van der Waals surface area contributed by atoms with Crippen molar-refractivity contribution in [3.8, 4) is 11.6 Å². The number of methoxy groups -OCH3 is 2. The number of carbonyl (C=O) groups excluding carboxylic acids is 1. The minimum absolute atomic E-state index is 0.246. The number of pyridine rings is 1. The zero-order valence-corrected chi connectivity index (χ0v) is 17.0. The van der Waals surface area contributed by atoms with E-state index in [-0.39, 0.29) is 11.8 Å². The van der Waals surface area contributed by atoms with Crippen LogP contribution < -0.4 is 14.4 Å². The molecule has 1 amide bonds. The molecule has 3 heterocycles. The lowest BCUT2D eigenvalue weighted by Crippen LogP contribution is -2.30. The van der Waals surface area contributed by atoms with Crippen LogP contribution in [0.3, 0.4) is 0 Å². The van der Waals surface area contributed by atoms with Crippen LogP contribution in [0.15, 0.2) is 48.9 Å². The highest BCUT2D eigenvalue weighted by atomic mass is 32.1. The molecule has 148 valence electrons. The maximum absolute atomic E-state index is 13.5. The molecule has 0 aliphatic carbocycles. The van der Waals surface area contributed by atoms with Gasteiger partial charge in [0.25, 0.3) is 5.91 Å². The van der Waals surface area contributed by atoms with Gasteiger partial charge in [0.15, 0.2) is 5.13 Å². The molecular weight excluding hydrogens is 390 g/mol. The topological polar surface area (TPSA) is 82.4 Å². The summed E-state index contributed by atoms with van der Waals surface area (Å²) in [6, 6.07) is 9.40. The number of thiazole rings is 1. The Morgan fingerprint density at radius 2 is 2.10 bits per heavy atom. The summed E-state index contributed by atoms with van der Waals surface area (Å²) in [6.07, 6.45) is 5.08. The van der Waals surface area contributed by atoms with Crippen LogP contribution in [0.4, 0.5) is 5.13 Å². The maximum atomic E-state index is 13.5. The Bertz CT molecular complexity index is 1160. The van der Waals surface area contributed by atoms with Crippen LogP contribution in [-0.4, -0.2) is 39.9 Å². The van der Waals surface area contributed by atoms with Gasteiger partial charge in [-0.1, -0.05) is 17.4 Å². The molecule has 0 unspecified atom stereocenters. The number of carbonyl (C=O) groups is 1. The number of aromatic nitrogens is 4. The third kappa shape index (κ3) is 3.77. The lowest BCUT2D eigenvalue weighted by molar-refractivity contribution is 0.0982. The van der Waals surface area contributed by atoms with E-state index in [9.17, 15) is 4.79 Å². The second-order valence-electron chi connectivity index (χ2n) is 6.31. The Morgan fingerprint density at radius 1 is 1.24 bits per heavy atom. The van der Waals surface area contributed by atoms with Crippen LogP contribution in [0.1, 0.15) is 15.9 Å². The van der Waals surface area contributed by atoms with Crippen LogP contribution in [-0.2, 0) is 13.6 Å². The summed E-state index contributed by atoms with van der Waals surface area (Å²) in [6.45, 7) is 0.321. The normalized spacial score (nSPS) is 10.9. The van der Waals surface area contributed by atoms with Gasteiger partial charge in [0.2, 0.25) is 5.88 Å². The van der Waals surface area contributed by atoms with E-state index in [1.54, 1.807) is 42.3 Å². The van der Waals surface area contributed by atoms with Crippen LogP contribution in [0, 0.1) is 0 Å². The van der Waals surface area contributed by atoms with Crippen LogP contribution in [0.5, 0.6) is 11.6 Å². The van der Waals surface area contributed by atoms with Gasteiger partial charge in [-0.05, 0) is 29.8 Å². The predicted molar refractivity (Wildman–Crippen MR) is 111 cm³/mol. The fourth-order valence-electron chi connectivity index (χ4n) is 2.95. The first-order chi connectivity index (χ1) is 14.1. The van der Waals surface area contributed by atoms with E-state index in [4.69, 9.17) is 9.47 Å². The third-order valence-corrected chi connectivity index (χ3v) is 5.38. The Labute approximate surface area is 171 Å². The van der Waals surface area contributed by atoms with Gasteiger partial charge in [-0.15, -0.1) is 5.10 Å². The van der Waals surface area contributed by atoms with Crippen LogP contribution in [0.25, 0.3) is 10.2 Å². The summed E-state index contributed by atoms with van der Waals surface area (Å²) in [4.78, 5) is 23.9. The number of hydrogen-bond donors (Lipinski definition) is 0. The van der Waals surface area contributed by atoms with Crippen LogP contribution >= 0.6 is 11.3 Å². The largest absolute Gasteiger partial charge is 0.497 e. The molecule has 0 N–H and O–H groups in total. The first-order valence-electron chi connectivity index (χ1n) is 8.82. The lowest BCUT2D eigenvalue weighted by Gasteiger charge is -2.19. The minimum Gasteiger partial charge on any atom is -0.497 e. The molecule has 3 aromatic heterocycles. The summed E-state index contributed by atoms with van der Waals surface area (Å²) in [5.41, 5.74) is 2.06. The van der Waals surface area contributed by atoms with Crippen molar-refractivity contribution in [1.29, 1.82) is 0 Å². The number of rotatable bonds is 6. The van der Waals surface area contributed by atoms with Crippen molar-refractivity contribution in [2.45, 2.75) is 6.54 Å². The molecule has 0 bridgehead atoms. The summed E-state index contributed by atoms with van der Waals surface area (Å²) < 4.78 is 13.1. The Hall–Kier alpha value is -3.46. The third-order valence-electron chi connectivity index (χ3n) is 4.34. The molecule has 4 aromatic rings. The molecule has 0 atom stereocenters. The molecule has 0 saturated carbocycles. The van der Waals surface area contributed by atoms with Gasteiger partial charge in [0.1, 0.15) is 11.3 Å². The fraction of sp³-hybridized carbons (Fsp3) is 0.200. The average Bonchev–Trinajstić information content (AvgIpc) is 3.34. The van der Waals surface area contributed by atoms with Crippen LogP contribution in [0.2, 0.25) is 0 Å². The van der Waals surface area contributed by atoms with Gasteiger partial charge in [-0.25, -0.2) is 4.98 Å². The number of anilines is 1. The number of hydrogen-bond acceptors (Lipinski definition) is 7. The molecule has 0 aliphatic heterocycles. The van der Waals surface area contributed by atoms with Gasteiger partial charge < -0.3 is 9.47 Å². The Balaban J connectivity index is 1.78. The Morgan fingerprint density at radius 3 is 2.83 bits per heavy atom. The number of fused-ring (bicyclic) bond motifs is 1. The summed E-state index contributed by atoms with van der Waals surface area (Å²) in [7, 11) is 4.86. The molecule has 0 fully saturated rings. The first kappa shape index (κ1) is 18.9. The molecule has 1 aromatic carbocycles. The number of benzene rings is 1. The monoisotopic (exact) mass is 409 g/mol. The highest BCUT2D eigenvalue weighted by molar-refractivity contribution is 7.22. The molecule has 0 aliphatic rings. The van der Waals surface area contributed by atoms with Gasteiger partial charge >= 0.3 is 0 Å². The highest BCUT2D eigenvalue weighted by Gasteiger charge is 2.26. The molecule has 9 heteroatoms. The van der Waals surface area contributed by atoms with Crippen molar-refractivity contribution in [3.63, 3.8) is 0 Å². The molecule has 8 nitrogen and oxygen atoms in total. The fourth-order valence-corrected chi connectivity index (χ4v) is 3.94. The standard InChI is InChI=1S/C20H19N5O3S/c1-24-12-15(18(23-24)28-3)19(26)25(11-13-5-4-8-21-10-13)20-22-16-7-6-14(27-2)9-17(16)29-20/h4-10,12H,11H2,1-3H3. The molecular formula is C20H19N5O3S. The van der Waals surface area contributed by atoms with Crippen molar-refractivity contribution in [2.24, 2.45) is 7.05 Å². The number of ether oxygens (including phenoxy) is 2. The summed E-state index contributed by atoms with van der Waals surface area (Å²) in [5, 5.41) is 4.78. The second-order valence-corrected chi connectivity index (χ2v) is 7.32. The molecule has 0 radical (unpaired) electrons. The first-order valence-corrected chi connectivity index (χ1v) is 9.63. The van der Waals surface area contributed by atoms with Gasteiger partial charge in [0.05, 0.1) is 31.0 Å².